The van der Waals surface area contributed by atoms with Gasteiger partial charge in [0.25, 0.3) is 0 Å². The number of nitrogens with two attached hydrogens (primary N) is 1. The molecule has 1 aromatic rings. The van der Waals surface area contributed by atoms with E-state index in [9.17, 15) is 0 Å². The molecule has 1 rings (SSSR count). The first-order valence-corrected chi connectivity index (χ1v) is 4.20. The van der Waals surface area contributed by atoms with E-state index in [2.05, 4.69) is 0 Å². The SMILES string of the molecule is CCOc1cc(CN)ccc1C. The predicted octanol–water partition coefficient (Wildman–Crippen LogP) is 1.85. The highest BCUT2D eigenvalue weighted by molar-refractivity contribution is 5.36. The van der Waals surface area contributed by atoms with Crippen LogP contribution < -0.4 is 10.5 Å². The summed E-state index contributed by atoms with van der Waals surface area (Å²) in [6, 6.07) is 6.06. The Hall–Kier alpha value is -1.02. The monoisotopic (exact) mass is 165 g/mol. The fourth-order valence-electron chi connectivity index (χ4n) is 1.08. The Morgan fingerprint density at radius 2 is 2.17 bits per heavy atom. The van der Waals surface area contributed by atoms with E-state index >= 15 is 0 Å². The van der Waals surface area contributed by atoms with Crippen LogP contribution in [0.15, 0.2) is 18.2 Å². The van der Waals surface area contributed by atoms with Crippen molar-refractivity contribution in [1.29, 1.82) is 0 Å². The van der Waals surface area contributed by atoms with Crippen molar-refractivity contribution in [3.8, 4) is 5.75 Å². The number of benzene rings is 1. The van der Waals surface area contributed by atoms with E-state index in [0.717, 1.165) is 16.9 Å². The van der Waals surface area contributed by atoms with Gasteiger partial charge in [0.1, 0.15) is 5.75 Å². The van der Waals surface area contributed by atoms with Crippen LogP contribution in [0.1, 0.15) is 18.1 Å². The lowest BCUT2D eigenvalue weighted by Gasteiger charge is -2.07. The van der Waals surface area contributed by atoms with Gasteiger partial charge in [0, 0.05) is 6.54 Å². The molecule has 0 saturated carbocycles. The molecule has 2 heteroatoms. The summed E-state index contributed by atoms with van der Waals surface area (Å²) in [6.07, 6.45) is 0. The summed E-state index contributed by atoms with van der Waals surface area (Å²) in [7, 11) is 0. The molecule has 0 aromatic heterocycles. The van der Waals surface area contributed by atoms with Gasteiger partial charge in [-0.2, -0.15) is 0 Å². The number of aryl methyl sites for hydroxylation is 1. The molecule has 0 spiro atoms. The maximum atomic E-state index is 5.51. The Kier molecular flexibility index (Phi) is 3.11. The molecular formula is C10H15NO. The molecule has 0 aliphatic carbocycles. The van der Waals surface area contributed by atoms with Gasteiger partial charge in [-0.15, -0.1) is 0 Å². The predicted molar refractivity (Wildman–Crippen MR) is 50.2 cm³/mol. The van der Waals surface area contributed by atoms with Crippen LogP contribution in [0.3, 0.4) is 0 Å². The lowest BCUT2D eigenvalue weighted by atomic mass is 10.1. The lowest BCUT2D eigenvalue weighted by Crippen LogP contribution is -1.99. The Morgan fingerprint density at radius 1 is 1.42 bits per heavy atom. The number of ether oxygens (including phenoxy) is 1. The molecule has 2 N–H and O–H groups in total. The third-order valence-electron chi connectivity index (χ3n) is 1.79. The van der Waals surface area contributed by atoms with Crippen LogP contribution in [0.2, 0.25) is 0 Å². The molecule has 0 heterocycles. The van der Waals surface area contributed by atoms with Crippen LogP contribution in [0.5, 0.6) is 5.75 Å². The first-order chi connectivity index (χ1) is 5.77. The molecule has 0 aliphatic rings. The van der Waals surface area contributed by atoms with Crippen molar-refractivity contribution < 1.29 is 4.74 Å². The Morgan fingerprint density at radius 3 is 2.75 bits per heavy atom. The Labute approximate surface area is 73.3 Å². The third-order valence-corrected chi connectivity index (χ3v) is 1.79. The average Bonchev–Trinajstić information content (AvgIpc) is 2.09. The van der Waals surface area contributed by atoms with E-state index < -0.39 is 0 Å². The summed E-state index contributed by atoms with van der Waals surface area (Å²) in [5.74, 6) is 0.945. The minimum atomic E-state index is 0.570. The fraction of sp³-hybridized carbons (Fsp3) is 0.400. The minimum absolute atomic E-state index is 0.570. The Bertz CT molecular complexity index is 258. The van der Waals surface area contributed by atoms with Gasteiger partial charge >= 0.3 is 0 Å². The van der Waals surface area contributed by atoms with Gasteiger partial charge in [-0.05, 0) is 31.0 Å². The van der Waals surface area contributed by atoms with Crippen LogP contribution in [0.4, 0.5) is 0 Å². The highest BCUT2D eigenvalue weighted by atomic mass is 16.5. The summed E-state index contributed by atoms with van der Waals surface area (Å²) < 4.78 is 5.42. The molecule has 0 aliphatic heterocycles. The van der Waals surface area contributed by atoms with Crippen molar-refractivity contribution in [2.45, 2.75) is 20.4 Å². The van der Waals surface area contributed by atoms with E-state index in [-0.39, 0.29) is 0 Å². The summed E-state index contributed by atoms with van der Waals surface area (Å²) in [5.41, 5.74) is 7.79. The first kappa shape index (κ1) is 9.07. The molecule has 0 radical (unpaired) electrons. The van der Waals surface area contributed by atoms with Gasteiger partial charge in [-0.25, -0.2) is 0 Å². The largest absolute Gasteiger partial charge is 0.494 e. The maximum Gasteiger partial charge on any atom is 0.122 e. The molecule has 12 heavy (non-hydrogen) atoms. The topological polar surface area (TPSA) is 35.2 Å². The zero-order valence-corrected chi connectivity index (χ0v) is 7.63. The van der Waals surface area contributed by atoms with E-state index in [0.29, 0.717) is 13.2 Å². The third kappa shape index (κ3) is 1.98. The fourth-order valence-corrected chi connectivity index (χ4v) is 1.08. The van der Waals surface area contributed by atoms with Crippen molar-refractivity contribution in [3.63, 3.8) is 0 Å². The van der Waals surface area contributed by atoms with Crippen molar-refractivity contribution >= 4 is 0 Å². The molecule has 0 unspecified atom stereocenters. The summed E-state index contributed by atoms with van der Waals surface area (Å²) in [5, 5.41) is 0. The van der Waals surface area contributed by atoms with Gasteiger partial charge in [0.05, 0.1) is 6.61 Å². The van der Waals surface area contributed by atoms with Crippen molar-refractivity contribution in [2.75, 3.05) is 6.61 Å². The molecule has 0 atom stereocenters. The first-order valence-electron chi connectivity index (χ1n) is 4.20. The summed E-state index contributed by atoms with van der Waals surface area (Å²) >= 11 is 0. The summed E-state index contributed by atoms with van der Waals surface area (Å²) in [4.78, 5) is 0. The highest BCUT2D eigenvalue weighted by Crippen LogP contribution is 2.18. The van der Waals surface area contributed by atoms with Gasteiger partial charge in [-0.1, -0.05) is 12.1 Å². The quantitative estimate of drug-likeness (QED) is 0.741. The molecule has 0 bridgehead atoms. The van der Waals surface area contributed by atoms with Gasteiger partial charge < -0.3 is 10.5 Å². The van der Waals surface area contributed by atoms with Gasteiger partial charge in [-0.3, -0.25) is 0 Å². The minimum Gasteiger partial charge on any atom is -0.494 e. The normalized spacial score (nSPS) is 9.92. The Balaban J connectivity index is 2.91. The second-order valence-electron chi connectivity index (χ2n) is 2.74. The van der Waals surface area contributed by atoms with E-state index in [1.54, 1.807) is 0 Å². The van der Waals surface area contributed by atoms with Crippen LogP contribution in [0, 0.1) is 6.92 Å². The van der Waals surface area contributed by atoms with Gasteiger partial charge in [0.2, 0.25) is 0 Å². The van der Waals surface area contributed by atoms with Crippen LogP contribution in [-0.4, -0.2) is 6.61 Å². The smallest absolute Gasteiger partial charge is 0.122 e. The number of hydrogen-bond donors (Lipinski definition) is 1. The van der Waals surface area contributed by atoms with Crippen LogP contribution >= 0.6 is 0 Å². The van der Waals surface area contributed by atoms with Crippen LogP contribution in [0.25, 0.3) is 0 Å². The molecule has 66 valence electrons. The molecule has 0 fully saturated rings. The van der Waals surface area contributed by atoms with E-state index in [1.165, 1.54) is 0 Å². The zero-order chi connectivity index (χ0) is 8.97. The highest BCUT2D eigenvalue weighted by Gasteiger charge is 1.98. The number of rotatable bonds is 3. The molecular weight excluding hydrogens is 150 g/mol. The van der Waals surface area contributed by atoms with Gasteiger partial charge in [0.15, 0.2) is 0 Å². The lowest BCUT2D eigenvalue weighted by molar-refractivity contribution is 0.337. The van der Waals surface area contributed by atoms with E-state index in [1.807, 2.05) is 32.0 Å². The standard InChI is InChI=1S/C10H15NO/c1-3-12-10-6-9(7-11)5-4-8(10)2/h4-6H,3,7,11H2,1-2H3. The second kappa shape index (κ2) is 4.12. The van der Waals surface area contributed by atoms with Crippen molar-refractivity contribution in [3.05, 3.63) is 29.3 Å². The summed E-state index contributed by atoms with van der Waals surface area (Å²) in [6.45, 7) is 5.29. The average molecular weight is 165 g/mol. The molecule has 0 amide bonds. The van der Waals surface area contributed by atoms with Crippen molar-refractivity contribution in [2.24, 2.45) is 5.73 Å². The van der Waals surface area contributed by atoms with Crippen LogP contribution in [-0.2, 0) is 6.54 Å². The number of hydrogen-bond acceptors (Lipinski definition) is 2. The maximum absolute atomic E-state index is 5.51. The zero-order valence-electron chi connectivity index (χ0n) is 7.63. The molecule has 1 aromatic carbocycles. The van der Waals surface area contributed by atoms with E-state index in [4.69, 9.17) is 10.5 Å². The molecule has 0 saturated heterocycles. The molecule has 2 nitrogen and oxygen atoms in total. The second-order valence-corrected chi connectivity index (χ2v) is 2.74. The van der Waals surface area contributed by atoms with Crippen molar-refractivity contribution in [1.82, 2.24) is 0 Å².